The summed E-state index contributed by atoms with van der Waals surface area (Å²) in [5.74, 6) is -7.28. The summed E-state index contributed by atoms with van der Waals surface area (Å²) in [4.78, 5) is 37.9. The smallest absolute Gasteiger partial charge is 0.459 e. The molecule has 0 radical (unpaired) electrons. The number of benzene rings is 1. The van der Waals surface area contributed by atoms with Crippen LogP contribution in [0, 0.1) is 0 Å². The molecule has 40 heavy (non-hydrogen) atoms. The van der Waals surface area contributed by atoms with Gasteiger partial charge in [-0.15, -0.1) is 0 Å². The molecule has 1 fully saturated rings. The van der Waals surface area contributed by atoms with Gasteiger partial charge in [0.15, 0.2) is 6.10 Å². The topological polar surface area (TPSA) is 158 Å². The van der Waals surface area contributed by atoms with Gasteiger partial charge in [-0.2, -0.15) is 5.09 Å². The van der Waals surface area contributed by atoms with Crippen molar-refractivity contribution < 1.29 is 41.8 Å². The summed E-state index contributed by atoms with van der Waals surface area (Å²) in [5.41, 5.74) is -2.10. The number of alkyl halides is 2. The fourth-order valence-corrected chi connectivity index (χ4v) is 5.66. The van der Waals surface area contributed by atoms with Crippen molar-refractivity contribution in [3.8, 4) is 5.75 Å². The van der Waals surface area contributed by atoms with Crippen molar-refractivity contribution >= 4 is 13.7 Å². The third-order valence-electron chi connectivity index (χ3n) is 6.48. The quantitative estimate of drug-likeness (QED) is 0.234. The van der Waals surface area contributed by atoms with Gasteiger partial charge in [0.25, 0.3) is 11.4 Å². The number of hydrogen-bond donors (Lipinski definition) is 3. The maximum atomic E-state index is 15.9. The number of ether oxygens (including phenoxy) is 2. The highest BCUT2D eigenvalue weighted by Gasteiger charge is 2.53. The maximum absolute atomic E-state index is 15.9. The molecule has 222 valence electrons. The van der Waals surface area contributed by atoms with Crippen LogP contribution >= 0.6 is 7.75 Å². The van der Waals surface area contributed by atoms with Crippen molar-refractivity contribution in [1.29, 1.82) is 0 Å². The molecule has 0 bridgehead atoms. The fraction of sp³-hybridized carbons (Fsp3) is 0.560. The molecule has 1 aliphatic carbocycles. The van der Waals surface area contributed by atoms with Gasteiger partial charge in [-0.25, -0.2) is 18.1 Å². The summed E-state index contributed by atoms with van der Waals surface area (Å²) in [5, 5.41) is 13.0. The molecule has 1 aliphatic rings. The lowest BCUT2D eigenvalue weighted by Crippen LogP contribution is -2.57. The summed E-state index contributed by atoms with van der Waals surface area (Å²) < 4.78 is 66.4. The van der Waals surface area contributed by atoms with E-state index in [-0.39, 0.29) is 16.4 Å². The molecule has 0 spiro atoms. The van der Waals surface area contributed by atoms with Crippen molar-refractivity contribution in [2.45, 2.75) is 75.8 Å². The molecule has 3 N–H and O–H groups in total. The highest BCUT2D eigenvalue weighted by atomic mass is 31.2. The largest absolute Gasteiger partial charge is 0.461 e. The third kappa shape index (κ3) is 7.85. The predicted octanol–water partition coefficient (Wildman–Crippen LogP) is 2.91. The van der Waals surface area contributed by atoms with E-state index in [1.54, 1.807) is 23.2 Å². The average molecular weight is 590 g/mol. The zero-order chi connectivity index (χ0) is 29.6. The van der Waals surface area contributed by atoms with Crippen LogP contribution in [0.4, 0.5) is 8.78 Å². The number of para-hydroxylation sites is 1. The first-order valence-corrected chi connectivity index (χ1v) is 14.2. The molecular formula is C25H34F2N3O9P. The minimum absolute atomic E-state index is 0.0312. The van der Waals surface area contributed by atoms with Crippen LogP contribution in [0.1, 0.15) is 46.0 Å². The van der Waals surface area contributed by atoms with Crippen molar-refractivity contribution in [2.75, 3.05) is 13.7 Å². The number of nitrogens with one attached hydrogen (secondary N) is 2. The lowest BCUT2D eigenvalue weighted by atomic mass is 9.98. The number of aromatic nitrogens is 2. The molecule has 1 saturated carbocycles. The van der Waals surface area contributed by atoms with E-state index in [1.165, 1.54) is 19.1 Å². The molecule has 12 nitrogen and oxygen atoms in total. The first-order chi connectivity index (χ1) is 18.8. The van der Waals surface area contributed by atoms with Gasteiger partial charge in [0.2, 0.25) is 5.79 Å². The molecule has 2 aromatic rings. The first-order valence-electron chi connectivity index (χ1n) is 12.7. The van der Waals surface area contributed by atoms with Crippen molar-refractivity contribution in [2.24, 2.45) is 0 Å². The van der Waals surface area contributed by atoms with E-state index >= 15 is 8.78 Å². The second-order valence-electron chi connectivity index (χ2n) is 9.62. The van der Waals surface area contributed by atoms with Crippen LogP contribution in [0.15, 0.2) is 52.2 Å². The van der Waals surface area contributed by atoms with Gasteiger partial charge in [-0.1, -0.05) is 24.6 Å². The highest BCUT2D eigenvalue weighted by molar-refractivity contribution is 7.52. The Morgan fingerprint density at radius 3 is 2.45 bits per heavy atom. The number of hydrogen-bond acceptors (Lipinski definition) is 9. The lowest BCUT2D eigenvalue weighted by Gasteiger charge is -2.37. The Balaban J connectivity index is 1.81. The number of aliphatic hydroxyl groups excluding tert-OH is 1. The summed E-state index contributed by atoms with van der Waals surface area (Å²) in [6.07, 6.45) is 1.96. The fourth-order valence-electron chi connectivity index (χ4n) is 4.16. The lowest BCUT2D eigenvalue weighted by molar-refractivity contribution is -0.255. The van der Waals surface area contributed by atoms with Gasteiger partial charge in [0, 0.05) is 19.4 Å². The summed E-state index contributed by atoms with van der Waals surface area (Å²) in [6.45, 7) is 0.654. The molecule has 15 heteroatoms. The molecule has 2 unspecified atom stereocenters. The number of methoxy groups -OCH3 is 1. The van der Waals surface area contributed by atoms with Crippen molar-refractivity contribution in [3.63, 3.8) is 0 Å². The second kappa shape index (κ2) is 13.2. The van der Waals surface area contributed by atoms with E-state index in [1.807, 2.05) is 0 Å². The second-order valence-corrected chi connectivity index (χ2v) is 11.3. The number of carbonyl (C=O) groups excluding carboxylic acids is 1. The van der Waals surface area contributed by atoms with Crippen molar-refractivity contribution in [1.82, 2.24) is 14.6 Å². The minimum Gasteiger partial charge on any atom is -0.461 e. The average Bonchev–Trinajstić information content (AvgIpc) is 2.92. The third-order valence-corrected chi connectivity index (χ3v) is 8.11. The molecule has 3 rings (SSSR count). The summed E-state index contributed by atoms with van der Waals surface area (Å²) >= 11 is 0. The Morgan fingerprint density at radius 2 is 1.85 bits per heavy atom. The number of esters is 1. The molecule has 1 heterocycles. The summed E-state index contributed by atoms with van der Waals surface area (Å²) in [7, 11) is -3.82. The Bertz CT molecular complexity index is 1300. The van der Waals surface area contributed by atoms with Crippen LogP contribution in [0.5, 0.6) is 5.75 Å². The molecule has 0 aliphatic heterocycles. The monoisotopic (exact) mass is 589 g/mol. The van der Waals surface area contributed by atoms with Crippen molar-refractivity contribution in [3.05, 3.63) is 63.4 Å². The number of carbonyl (C=O) groups is 1. The molecule has 5 atom stereocenters. The van der Waals surface area contributed by atoms with E-state index in [9.17, 15) is 24.1 Å². The number of halogens is 2. The van der Waals surface area contributed by atoms with E-state index in [2.05, 4.69) is 5.09 Å². The molecule has 0 saturated heterocycles. The Hall–Kier alpha value is -2.90. The predicted molar refractivity (Wildman–Crippen MR) is 139 cm³/mol. The Labute approximate surface area is 229 Å². The zero-order valence-electron chi connectivity index (χ0n) is 22.4. The van der Waals surface area contributed by atoms with Gasteiger partial charge < -0.3 is 19.1 Å². The van der Waals surface area contributed by atoms with Gasteiger partial charge in [0.05, 0.1) is 0 Å². The van der Waals surface area contributed by atoms with Crippen LogP contribution in [-0.4, -0.2) is 58.4 Å². The Morgan fingerprint density at radius 1 is 1.20 bits per heavy atom. The van der Waals surface area contributed by atoms with E-state index in [4.69, 9.17) is 18.5 Å². The number of aliphatic hydroxyl groups is 1. The highest BCUT2D eigenvalue weighted by Crippen LogP contribution is 2.47. The van der Waals surface area contributed by atoms with Crippen LogP contribution < -0.4 is 20.9 Å². The standard InChI is InChI=1S/C25H34F2N3O9P/c1-17(21(32)38-18-10-6-4-7-11-18)29-40(35,39-19-12-8-5-9-13-19)37-16-25(27,36-3)22(33)24(2,26)30-15-14-20(31)28-23(30)34/h5,8-9,12-15,17-18,22,33H,4,6-7,10-11,16H2,1-3H3,(H,29,35)(H,28,31,34)/t17?,22-,24-,25+,40?/m0/s1. The Kier molecular flexibility index (Phi) is 10.4. The number of aromatic amines is 1. The number of rotatable bonds is 13. The van der Waals surface area contributed by atoms with Gasteiger partial charge in [-0.3, -0.25) is 23.7 Å². The number of nitrogens with zero attached hydrogens (tertiary/aromatic N) is 1. The van der Waals surface area contributed by atoms with Crippen LogP contribution in [0.2, 0.25) is 0 Å². The van der Waals surface area contributed by atoms with Crippen LogP contribution in [0.25, 0.3) is 0 Å². The van der Waals surface area contributed by atoms with Gasteiger partial charge in [0.1, 0.15) is 24.5 Å². The SMILES string of the molecule is CO[C@](F)(COP(=O)(NC(C)C(=O)OC1CCCCC1)Oc1ccccc1)[C@@H](O)[C@@](C)(F)n1ccc(=O)[nH]c1=O. The minimum atomic E-state index is -4.61. The first kappa shape index (κ1) is 31.6. The molecule has 0 amide bonds. The van der Waals surface area contributed by atoms with Crippen LogP contribution in [0.3, 0.4) is 0 Å². The van der Waals surface area contributed by atoms with Gasteiger partial charge >= 0.3 is 19.4 Å². The molecule has 1 aromatic heterocycles. The molecular weight excluding hydrogens is 555 g/mol. The van der Waals surface area contributed by atoms with Gasteiger partial charge in [-0.05, 0) is 51.7 Å². The normalized spacial score (nSPS) is 20.4. The number of H-pyrrole nitrogens is 1. The van der Waals surface area contributed by atoms with E-state index < -0.39 is 55.4 Å². The van der Waals surface area contributed by atoms with E-state index in [0.717, 1.165) is 38.6 Å². The van der Waals surface area contributed by atoms with E-state index in [0.29, 0.717) is 19.8 Å². The molecule has 1 aromatic carbocycles. The van der Waals surface area contributed by atoms with Crippen LogP contribution in [-0.2, 0) is 29.1 Å². The zero-order valence-corrected chi connectivity index (χ0v) is 23.3. The maximum Gasteiger partial charge on any atom is 0.459 e. The summed E-state index contributed by atoms with van der Waals surface area (Å²) in [6, 6.07) is 7.21.